The molecule has 0 unspecified atom stereocenters. The summed E-state index contributed by atoms with van der Waals surface area (Å²) in [7, 11) is 0. The molecule has 2 aromatic carbocycles. The summed E-state index contributed by atoms with van der Waals surface area (Å²) >= 11 is 3.23. The molecule has 0 saturated carbocycles. The predicted molar refractivity (Wildman–Crippen MR) is 106 cm³/mol. The van der Waals surface area contributed by atoms with Crippen LogP contribution in [-0.2, 0) is 6.61 Å². The fourth-order valence-electron chi connectivity index (χ4n) is 2.51. The highest BCUT2D eigenvalue weighted by Crippen LogP contribution is 2.26. The summed E-state index contributed by atoms with van der Waals surface area (Å²) in [6, 6.07) is 9.86. The van der Waals surface area contributed by atoms with E-state index in [0.29, 0.717) is 28.1 Å². The SMILES string of the molecule is CCCCNC(=O)Nc1n[nH]c2ccc(OCc3ccc(Br)cc3F)cc12. The Morgan fingerprint density at radius 1 is 1.30 bits per heavy atom. The number of carbonyl (C=O) groups excluding carboxylic acids is 1. The number of nitrogens with one attached hydrogen (secondary N) is 3. The van der Waals surface area contributed by atoms with Gasteiger partial charge in [-0.1, -0.05) is 35.3 Å². The van der Waals surface area contributed by atoms with Crippen LogP contribution < -0.4 is 15.4 Å². The summed E-state index contributed by atoms with van der Waals surface area (Å²) in [5.74, 6) is 0.639. The Morgan fingerprint density at radius 2 is 2.15 bits per heavy atom. The van der Waals surface area contributed by atoms with Crippen LogP contribution in [0.25, 0.3) is 10.9 Å². The van der Waals surface area contributed by atoms with Crippen molar-refractivity contribution < 1.29 is 13.9 Å². The number of rotatable bonds is 7. The van der Waals surface area contributed by atoms with Gasteiger partial charge in [0, 0.05) is 22.0 Å². The third-order valence-electron chi connectivity index (χ3n) is 3.99. The minimum atomic E-state index is -0.333. The van der Waals surface area contributed by atoms with Gasteiger partial charge < -0.3 is 10.1 Å². The molecule has 0 aliphatic heterocycles. The molecular formula is C19H20BrFN4O2. The topological polar surface area (TPSA) is 79.0 Å². The van der Waals surface area contributed by atoms with Gasteiger partial charge in [-0.25, -0.2) is 9.18 Å². The van der Waals surface area contributed by atoms with Crippen molar-refractivity contribution >= 4 is 38.7 Å². The number of aromatic nitrogens is 2. The first-order chi connectivity index (χ1) is 13.1. The molecule has 1 aromatic heterocycles. The maximum Gasteiger partial charge on any atom is 0.320 e. The van der Waals surface area contributed by atoms with E-state index < -0.39 is 0 Å². The van der Waals surface area contributed by atoms with E-state index in [1.54, 1.807) is 30.3 Å². The van der Waals surface area contributed by atoms with E-state index in [0.717, 1.165) is 23.7 Å². The number of aromatic amines is 1. The fraction of sp³-hybridized carbons (Fsp3) is 0.263. The van der Waals surface area contributed by atoms with Gasteiger partial charge in [-0.3, -0.25) is 10.4 Å². The summed E-state index contributed by atoms with van der Waals surface area (Å²) in [4.78, 5) is 11.9. The average Bonchev–Trinajstić information content (AvgIpc) is 3.03. The van der Waals surface area contributed by atoms with Crippen LogP contribution in [-0.4, -0.2) is 22.8 Å². The fourth-order valence-corrected chi connectivity index (χ4v) is 2.84. The standard InChI is InChI=1S/C19H20BrFN4O2/c1-2-3-8-22-19(26)23-18-15-10-14(6-7-17(15)24-25-18)27-11-12-4-5-13(20)9-16(12)21/h4-7,9-10H,2-3,8,11H2,1H3,(H3,22,23,24,25,26). The van der Waals surface area contributed by atoms with E-state index in [1.165, 1.54) is 6.07 Å². The zero-order valence-electron chi connectivity index (χ0n) is 14.8. The van der Waals surface area contributed by atoms with Crippen LogP contribution in [0.3, 0.4) is 0 Å². The maximum absolute atomic E-state index is 13.9. The lowest BCUT2D eigenvalue weighted by Gasteiger charge is -2.08. The lowest BCUT2D eigenvalue weighted by atomic mass is 10.2. The lowest BCUT2D eigenvalue weighted by Crippen LogP contribution is -2.29. The van der Waals surface area contributed by atoms with E-state index in [-0.39, 0.29) is 18.5 Å². The van der Waals surface area contributed by atoms with Crippen molar-refractivity contribution in [2.24, 2.45) is 0 Å². The Labute approximate surface area is 164 Å². The highest BCUT2D eigenvalue weighted by molar-refractivity contribution is 9.10. The molecule has 3 N–H and O–H groups in total. The predicted octanol–water partition coefficient (Wildman–Crippen LogP) is 4.97. The molecule has 2 amide bonds. The van der Waals surface area contributed by atoms with E-state index in [2.05, 4.69) is 43.7 Å². The number of ether oxygens (including phenoxy) is 1. The van der Waals surface area contributed by atoms with Crippen molar-refractivity contribution in [3.05, 3.63) is 52.3 Å². The number of unbranched alkanes of at least 4 members (excludes halogenated alkanes) is 1. The highest BCUT2D eigenvalue weighted by Gasteiger charge is 2.11. The first kappa shape index (κ1) is 19.2. The number of carbonyl (C=O) groups is 1. The average molecular weight is 435 g/mol. The Morgan fingerprint density at radius 3 is 2.93 bits per heavy atom. The van der Waals surface area contributed by atoms with Crippen LogP contribution in [0.4, 0.5) is 15.0 Å². The second kappa shape index (κ2) is 8.85. The molecule has 0 aliphatic rings. The molecule has 0 aliphatic carbocycles. The van der Waals surface area contributed by atoms with Crippen LogP contribution in [0.5, 0.6) is 5.75 Å². The minimum absolute atomic E-state index is 0.0999. The van der Waals surface area contributed by atoms with Gasteiger partial charge in [0.25, 0.3) is 0 Å². The number of halogens is 2. The summed E-state index contributed by atoms with van der Waals surface area (Å²) in [5.41, 5.74) is 1.22. The Balaban J connectivity index is 1.69. The zero-order valence-corrected chi connectivity index (χ0v) is 16.4. The number of anilines is 1. The quantitative estimate of drug-likeness (QED) is 0.459. The number of amides is 2. The van der Waals surface area contributed by atoms with E-state index >= 15 is 0 Å². The Hall–Kier alpha value is -2.61. The van der Waals surface area contributed by atoms with Crippen molar-refractivity contribution in [1.29, 1.82) is 0 Å². The third-order valence-corrected chi connectivity index (χ3v) is 4.48. The molecule has 142 valence electrons. The van der Waals surface area contributed by atoms with Gasteiger partial charge in [-0.15, -0.1) is 0 Å². The van der Waals surface area contributed by atoms with Crippen molar-refractivity contribution in [2.75, 3.05) is 11.9 Å². The number of hydrogen-bond acceptors (Lipinski definition) is 3. The monoisotopic (exact) mass is 434 g/mol. The Kier molecular flexibility index (Phi) is 6.28. The second-order valence-corrected chi connectivity index (χ2v) is 6.95. The number of urea groups is 1. The molecule has 0 spiro atoms. The van der Waals surface area contributed by atoms with E-state index in [1.807, 2.05) is 0 Å². The first-order valence-electron chi connectivity index (χ1n) is 8.66. The summed E-state index contributed by atoms with van der Waals surface area (Å²) in [6.07, 6.45) is 1.92. The van der Waals surface area contributed by atoms with Crippen molar-refractivity contribution in [2.45, 2.75) is 26.4 Å². The van der Waals surface area contributed by atoms with Crippen LogP contribution in [0, 0.1) is 5.82 Å². The lowest BCUT2D eigenvalue weighted by molar-refractivity contribution is 0.252. The van der Waals surface area contributed by atoms with Crippen LogP contribution in [0.2, 0.25) is 0 Å². The second-order valence-electron chi connectivity index (χ2n) is 6.04. The molecular weight excluding hydrogens is 415 g/mol. The molecule has 1 heterocycles. The number of fused-ring (bicyclic) bond motifs is 1. The highest BCUT2D eigenvalue weighted by atomic mass is 79.9. The smallest absolute Gasteiger partial charge is 0.320 e. The normalized spacial score (nSPS) is 10.8. The van der Waals surface area contributed by atoms with Crippen LogP contribution in [0.15, 0.2) is 40.9 Å². The van der Waals surface area contributed by atoms with Crippen LogP contribution in [0.1, 0.15) is 25.3 Å². The molecule has 0 saturated heterocycles. The maximum atomic E-state index is 13.9. The molecule has 8 heteroatoms. The molecule has 27 heavy (non-hydrogen) atoms. The number of H-pyrrole nitrogens is 1. The van der Waals surface area contributed by atoms with Gasteiger partial charge in [0.2, 0.25) is 0 Å². The van der Waals surface area contributed by atoms with Gasteiger partial charge in [0.05, 0.1) is 5.52 Å². The molecule has 0 fully saturated rings. The molecule has 3 aromatic rings. The van der Waals surface area contributed by atoms with Gasteiger partial charge in [-0.2, -0.15) is 5.10 Å². The number of benzene rings is 2. The summed E-state index contributed by atoms with van der Waals surface area (Å²) in [6.45, 7) is 2.77. The third kappa shape index (κ3) is 4.97. The molecule has 3 rings (SSSR count). The summed E-state index contributed by atoms with van der Waals surface area (Å²) < 4.78 is 20.3. The molecule has 0 bridgehead atoms. The molecule has 0 atom stereocenters. The van der Waals surface area contributed by atoms with E-state index in [9.17, 15) is 9.18 Å². The van der Waals surface area contributed by atoms with Crippen molar-refractivity contribution in [1.82, 2.24) is 15.5 Å². The van der Waals surface area contributed by atoms with Crippen molar-refractivity contribution in [3.8, 4) is 5.75 Å². The number of nitrogens with zero attached hydrogens (tertiary/aromatic N) is 1. The van der Waals surface area contributed by atoms with Gasteiger partial charge >= 0.3 is 6.03 Å². The Bertz CT molecular complexity index is 945. The summed E-state index contributed by atoms with van der Waals surface area (Å²) in [5, 5.41) is 13.2. The van der Waals surface area contributed by atoms with Gasteiger partial charge in [0.15, 0.2) is 5.82 Å². The largest absolute Gasteiger partial charge is 0.489 e. The first-order valence-corrected chi connectivity index (χ1v) is 9.46. The number of hydrogen-bond donors (Lipinski definition) is 3. The zero-order chi connectivity index (χ0) is 19.2. The van der Waals surface area contributed by atoms with Gasteiger partial charge in [-0.05, 0) is 36.8 Å². The van der Waals surface area contributed by atoms with Crippen molar-refractivity contribution in [3.63, 3.8) is 0 Å². The molecule has 0 radical (unpaired) electrons. The van der Waals surface area contributed by atoms with Crippen LogP contribution >= 0.6 is 15.9 Å². The van der Waals surface area contributed by atoms with Gasteiger partial charge in [0.1, 0.15) is 18.2 Å². The minimum Gasteiger partial charge on any atom is -0.489 e. The van der Waals surface area contributed by atoms with E-state index in [4.69, 9.17) is 4.74 Å². The molecule has 6 nitrogen and oxygen atoms in total.